The van der Waals surface area contributed by atoms with Crippen molar-refractivity contribution >= 4 is 5.91 Å². The fourth-order valence-electron chi connectivity index (χ4n) is 4.07. The number of ether oxygens (including phenoxy) is 1. The number of carbonyl (C=O) groups excluding carboxylic acids is 1. The highest BCUT2D eigenvalue weighted by Crippen LogP contribution is 2.23. The van der Waals surface area contributed by atoms with E-state index in [1.807, 2.05) is 54.6 Å². The molecule has 0 fully saturated rings. The van der Waals surface area contributed by atoms with Gasteiger partial charge in [-0.3, -0.25) is 9.59 Å². The van der Waals surface area contributed by atoms with Gasteiger partial charge in [0.25, 0.3) is 5.56 Å². The molecule has 1 atom stereocenters. The maximum Gasteiger partial charge on any atom is 0.254 e. The molecule has 6 heteroatoms. The summed E-state index contributed by atoms with van der Waals surface area (Å²) in [5, 5.41) is 3.06. The summed E-state index contributed by atoms with van der Waals surface area (Å²) in [6, 6.07) is 17.3. The normalized spacial score (nSPS) is 15.6. The molecule has 0 saturated carbocycles. The van der Waals surface area contributed by atoms with Gasteiger partial charge in [-0.1, -0.05) is 42.5 Å². The third kappa shape index (κ3) is 5.20. The van der Waals surface area contributed by atoms with Gasteiger partial charge < -0.3 is 15.0 Å². The quantitative estimate of drug-likeness (QED) is 0.603. The van der Waals surface area contributed by atoms with Crippen LogP contribution in [-0.2, 0) is 24.1 Å². The summed E-state index contributed by atoms with van der Waals surface area (Å²) in [7, 11) is 1.62. The van der Waals surface area contributed by atoms with Crippen LogP contribution in [0.15, 0.2) is 59.4 Å². The number of nitrogens with one attached hydrogen (secondary N) is 2. The summed E-state index contributed by atoms with van der Waals surface area (Å²) in [6.07, 6.45) is 3.52. The summed E-state index contributed by atoms with van der Waals surface area (Å²) in [4.78, 5) is 32.7. The Morgan fingerprint density at radius 2 is 1.94 bits per heavy atom. The number of amides is 1. The zero-order valence-electron chi connectivity index (χ0n) is 17.7. The van der Waals surface area contributed by atoms with Crippen LogP contribution in [0.5, 0.6) is 5.75 Å². The summed E-state index contributed by atoms with van der Waals surface area (Å²) in [6.45, 7) is 0.611. The molecule has 1 aliphatic rings. The van der Waals surface area contributed by atoms with Gasteiger partial charge in [0.15, 0.2) is 0 Å². The van der Waals surface area contributed by atoms with E-state index < -0.39 is 0 Å². The number of hydrogen-bond donors (Lipinski definition) is 2. The van der Waals surface area contributed by atoms with Crippen molar-refractivity contribution in [2.24, 2.45) is 5.92 Å². The summed E-state index contributed by atoms with van der Waals surface area (Å²) in [5.74, 6) is 1.69. The maximum atomic E-state index is 12.7. The van der Waals surface area contributed by atoms with Crippen LogP contribution in [0.4, 0.5) is 0 Å². The van der Waals surface area contributed by atoms with E-state index in [-0.39, 0.29) is 11.5 Å². The van der Waals surface area contributed by atoms with E-state index in [0.29, 0.717) is 31.1 Å². The number of aromatic amines is 1. The van der Waals surface area contributed by atoms with Gasteiger partial charge in [-0.25, -0.2) is 4.98 Å². The number of benzene rings is 2. The number of aromatic nitrogens is 2. The molecule has 6 nitrogen and oxygen atoms in total. The van der Waals surface area contributed by atoms with E-state index in [0.717, 1.165) is 47.4 Å². The number of nitrogens with zero attached hydrogens (tertiary/aromatic N) is 1. The lowest BCUT2D eigenvalue weighted by Gasteiger charge is -2.14. The molecule has 2 aromatic carbocycles. The first-order valence-electron chi connectivity index (χ1n) is 10.7. The van der Waals surface area contributed by atoms with E-state index in [9.17, 15) is 9.59 Å². The Morgan fingerprint density at radius 3 is 2.74 bits per heavy atom. The zero-order valence-corrected chi connectivity index (χ0v) is 17.7. The Bertz CT molecular complexity index is 1110. The molecular weight excluding hydrogens is 390 g/mol. The minimum atomic E-state index is -0.0495. The Balaban J connectivity index is 1.36. The third-order valence-electron chi connectivity index (χ3n) is 5.83. The molecule has 0 saturated heterocycles. The Morgan fingerprint density at radius 1 is 1.13 bits per heavy atom. The predicted molar refractivity (Wildman–Crippen MR) is 120 cm³/mol. The minimum Gasteiger partial charge on any atom is -0.497 e. The molecule has 1 heterocycles. The van der Waals surface area contributed by atoms with E-state index in [2.05, 4.69) is 10.3 Å². The average molecular weight is 418 g/mol. The first-order chi connectivity index (χ1) is 15.1. The van der Waals surface area contributed by atoms with Crippen molar-refractivity contribution in [3.8, 4) is 17.1 Å². The Labute approximate surface area is 181 Å². The van der Waals surface area contributed by atoms with Crippen molar-refractivity contribution in [3.63, 3.8) is 0 Å². The smallest absolute Gasteiger partial charge is 0.254 e. The molecule has 0 bridgehead atoms. The number of methoxy groups -OCH3 is 1. The number of aryl methyl sites for hydroxylation is 1. The minimum absolute atomic E-state index is 0.00245. The molecule has 160 valence electrons. The standard InChI is InChI=1S/C25H27N3O3/c1-31-20-9-5-6-18(14-20)15-23(29)26-16-17-10-12-21-22(13-11-17)27-24(28-25(21)30)19-7-3-2-4-8-19/h2-9,14,17H,10-13,15-16H2,1H3,(H,26,29)(H,27,28,30). The molecule has 0 radical (unpaired) electrons. The van der Waals surface area contributed by atoms with Crippen molar-refractivity contribution in [1.82, 2.24) is 15.3 Å². The second-order valence-corrected chi connectivity index (χ2v) is 7.98. The topological polar surface area (TPSA) is 84.1 Å². The van der Waals surface area contributed by atoms with Crippen LogP contribution in [0.2, 0.25) is 0 Å². The van der Waals surface area contributed by atoms with Gasteiger partial charge >= 0.3 is 0 Å². The summed E-state index contributed by atoms with van der Waals surface area (Å²) in [5.41, 5.74) is 3.45. The van der Waals surface area contributed by atoms with E-state index in [1.54, 1.807) is 7.11 Å². The van der Waals surface area contributed by atoms with Crippen LogP contribution in [0.3, 0.4) is 0 Å². The zero-order chi connectivity index (χ0) is 21.6. The Hall–Kier alpha value is -3.41. The second-order valence-electron chi connectivity index (χ2n) is 7.98. The van der Waals surface area contributed by atoms with Crippen molar-refractivity contribution in [2.75, 3.05) is 13.7 Å². The van der Waals surface area contributed by atoms with Gasteiger partial charge in [0.05, 0.1) is 19.2 Å². The molecule has 0 spiro atoms. The summed E-state index contributed by atoms with van der Waals surface area (Å²) < 4.78 is 5.22. The van der Waals surface area contributed by atoms with Crippen LogP contribution >= 0.6 is 0 Å². The van der Waals surface area contributed by atoms with Crippen LogP contribution in [0.25, 0.3) is 11.4 Å². The fraction of sp³-hybridized carbons (Fsp3) is 0.320. The van der Waals surface area contributed by atoms with Gasteiger partial charge in [-0.2, -0.15) is 0 Å². The van der Waals surface area contributed by atoms with Crippen molar-refractivity contribution in [2.45, 2.75) is 32.1 Å². The molecule has 2 N–H and O–H groups in total. The molecule has 4 rings (SSSR count). The largest absolute Gasteiger partial charge is 0.497 e. The molecule has 1 aromatic heterocycles. The Kier molecular flexibility index (Phi) is 6.46. The maximum absolute atomic E-state index is 12.7. The predicted octanol–water partition coefficient (Wildman–Crippen LogP) is 3.30. The van der Waals surface area contributed by atoms with Crippen LogP contribution in [0, 0.1) is 5.92 Å². The number of hydrogen-bond acceptors (Lipinski definition) is 4. The lowest BCUT2D eigenvalue weighted by atomic mass is 9.99. The summed E-state index contributed by atoms with van der Waals surface area (Å²) >= 11 is 0. The lowest BCUT2D eigenvalue weighted by Crippen LogP contribution is -2.30. The first kappa shape index (κ1) is 20.8. The van der Waals surface area contributed by atoms with Crippen LogP contribution in [-0.4, -0.2) is 29.5 Å². The fourth-order valence-corrected chi connectivity index (χ4v) is 4.07. The van der Waals surface area contributed by atoms with Gasteiger partial charge in [-0.05, 0) is 49.3 Å². The van der Waals surface area contributed by atoms with E-state index in [1.165, 1.54) is 0 Å². The first-order valence-corrected chi connectivity index (χ1v) is 10.7. The number of fused-ring (bicyclic) bond motifs is 1. The van der Waals surface area contributed by atoms with Crippen LogP contribution in [0.1, 0.15) is 29.7 Å². The highest BCUT2D eigenvalue weighted by molar-refractivity contribution is 5.78. The van der Waals surface area contributed by atoms with E-state index in [4.69, 9.17) is 9.72 Å². The molecular formula is C25H27N3O3. The average Bonchev–Trinajstić information content (AvgIpc) is 3.01. The third-order valence-corrected chi connectivity index (χ3v) is 5.83. The molecule has 0 aliphatic heterocycles. The monoisotopic (exact) mass is 417 g/mol. The van der Waals surface area contributed by atoms with Gasteiger partial charge in [-0.15, -0.1) is 0 Å². The molecule has 3 aromatic rings. The second kappa shape index (κ2) is 9.60. The molecule has 1 unspecified atom stereocenters. The number of carbonyl (C=O) groups is 1. The molecule has 1 amide bonds. The van der Waals surface area contributed by atoms with Crippen molar-refractivity contribution in [3.05, 3.63) is 81.8 Å². The van der Waals surface area contributed by atoms with E-state index >= 15 is 0 Å². The molecule has 31 heavy (non-hydrogen) atoms. The SMILES string of the molecule is COc1cccc(CC(=O)NCC2CCc3nc(-c4ccccc4)[nH]c(=O)c3CC2)c1. The van der Waals surface area contributed by atoms with Crippen molar-refractivity contribution < 1.29 is 9.53 Å². The number of H-pyrrole nitrogens is 1. The van der Waals surface area contributed by atoms with Gasteiger partial charge in [0, 0.05) is 17.7 Å². The van der Waals surface area contributed by atoms with Crippen molar-refractivity contribution in [1.29, 1.82) is 0 Å². The van der Waals surface area contributed by atoms with Gasteiger partial charge in [0.1, 0.15) is 11.6 Å². The molecule has 1 aliphatic carbocycles. The van der Waals surface area contributed by atoms with Crippen LogP contribution < -0.4 is 15.6 Å². The van der Waals surface area contributed by atoms with Gasteiger partial charge in [0.2, 0.25) is 5.91 Å². The number of rotatable bonds is 6. The highest BCUT2D eigenvalue weighted by Gasteiger charge is 2.21. The lowest BCUT2D eigenvalue weighted by molar-refractivity contribution is -0.120. The highest BCUT2D eigenvalue weighted by atomic mass is 16.5.